The minimum absolute atomic E-state index is 0.167. The van der Waals surface area contributed by atoms with Crippen LogP contribution in [0.15, 0.2) is 18.2 Å². The van der Waals surface area contributed by atoms with Crippen LogP contribution in [0, 0.1) is 17.7 Å². The summed E-state index contributed by atoms with van der Waals surface area (Å²) in [6.45, 7) is 1.84. The van der Waals surface area contributed by atoms with Crippen LogP contribution in [-0.2, 0) is 4.79 Å². The number of anilines is 1. The summed E-state index contributed by atoms with van der Waals surface area (Å²) in [6.07, 6.45) is 4.47. The summed E-state index contributed by atoms with van der Waals surface area (Å²) in [6, 6.07) is 4.34. The number of hydrogen-bond acceptors (Lipinski definition) is 2. The normalized spacial score (nSPS) is 9.75. The molecule has 1 aromatic carbocycles. The van der Waals surface area contributed by atoms with Crippen molar-refractivity contribution in [2.24, 2.45) is 0 Å². The Bertz CT molecular complexity index is 503. The number of rotatable bonds is 6. The molecule has 1 amide bonds. The molecule has 0 spiro atoms. The van der Waals surface area contributed by atoms with Gasteiger partial charge < -0.3 is 10.4 Å². The molecule has 108 valence electrons. The van der Waals surface area contributed by atoms with E-state index in [1.165, 1.54) is 12.1 Å². The first-order valence-electron chi connectivity index (χ1n) is 6.86. The van der Waals surface area contributed by atoms with Gasteiger partial charge in [0, 0.05) is 12.0 Å². The van der Waals surface area contributed by atoms with Gasteiger partial charge in [-0.05, 0) is 24.6 Å². The van der Waals surface area contributed by atoms with Gasteiger partial charge in [0.2, 0.25) is 5.91 Å². The first kappa shape index (κ1) is 16.2. The van der Waals surface area contributed by atoms with Gasteiger partial charge in [-0.15, -0.1) is 0 Å². The summed E-state index contributed by atoms with van der Waals surface area (Å²) in [5.41, 5.74) is 0.637. The molecule has 0 aliphatic carbocycles. The molecule has 3 nitrogen and oxygen atoms in total. The number of aliphatic hydroxyl groups excluding tert-OH is 1. The van der Waals surface area contributed by atoms with Crippen LogP contribution in [-0.4, -0.2) is 17.6 Å². The number of carbonyl (C=O) groups is 1. The second kappa shape index (κ2) is 9.11. The lowest BCUT2D eigenvalue weighted by Gasteiger charge is -2.06. The van der Waals surface area contributed by atoms with Gasteiger partial charge >= 0.3 is 0 Å². The minimum atomic E-state index is -0.517. The van der Waals surface area contributed by atoms with Crippen LogP contribution in [0.3, 0.4) is 0 Å². The van der Waals surface area contributed by atoms with E-state index in [4.69, 9.17) is 5.11 Å². The molecule has 0 radical (unpaired) electrons. The van der Waals surface area contributed by atoms with Crippen LogP contribution < -0.4 is 5.32 Å². The number of carbonyl (C=O) groups excluding carboxylic acids is 1. The molecule has 2 N–H and O–H groups in total. The van der Waals surface area contributed by atoms with E-state index in [1.54, 1.807) is 6.07 Å². The monoisotopic (exact) mass is 277 g/mol. The number of amides is 1. The lowest BCUT2D eigenvalue weighted by atomic mass is 10.1. The van der Waals surface area contributed by atoms with E-state index in [0.29, 0.717) is 12.0 Å². The summed E-state index contributed by atoms with van der Waals surface area (Å²) in [5.74, 6) is 4.37. The molecule has 1 rings (SSSR count). The fourth-order valence-electron chi connectivity index (χ4n) is 1.76. The van der Waals surface area contributed by atoms with E-state index in [0.717, 1.165) is 25.7 Å². The molecule has 0 fully saturated rings. The third kappa shape index (κ3) is 5.85. The molecule has 0 unspecified atom stereocenters. The molecule has 0 aliphatic heterocycles. The predicted octanol–water partition coefficient (Wildman–Crippen LogP) is 3.08. The number of halogens is 1. The topological polar surface area (TPSA) is 49.3 Å². The van der Waals surface area contributed by atoms with E-state index in [1.807, 2.05) is 0 Å². The SMILES string of the molecule is CCCCCCC(=O)Nc1ccc(C#CCO)cc1F. The zero-order valence-corrected chi connectivity index (χ0v) is 11.7. The maximum Gasteiger partial charge on any atom is 0.224 e. The third-order valence-electron chi connectivity index (χ3n) is 2.81. The lowest BCUT2D eigenvalue weighted by Crippen LogP contribution is -2.12. The lowest BCUT2D eigenvalue weighted by molar-refractivity contribution is -0.116. The molecule has 0 aliphatic rings. The van der Waals surface area contributed by atoms with Gasteiger partial charge in [0.25, 0.3) is 0 Å². The molecule has 0 bridgehead atoms. The number of hydrogen-bond donors (Lipinski definition) is 2. The Morgan fingerprint density at radius 3 is 2.80 bits per heavy atom. The van der Waals surface area contributed by atoms with E-state index < -0.39 is 5.82 Å². The van der Waals surface area contributed by atoms with Crippen LogP contribution in [0.1, 0.15) is 44.6 Å². The van der Waals surface area contributed by atoms with Crippen LogP contribution in [0.5, 0.6) is 0 Å². The van der Waals surface area contributed by atoms with Crippen LogP contribution >= 0.6 is 0 Å². The van der Waals surface area contributed by atoms with Crippen molar-refractivity contribution >= 4 is 11.6 Å². The van der Waals surface area contributed by atoms with Crippen molar-refractivity contribution < 1.29 is 14.3 Å². The molecule has 0 atom stereocenters. The zero-order chi connectivity index (χ0) is 14.8. The van der Waals surface area contributed by atoms with E-state index in [2.05, 4.69) is 24.1 Å². The predicted molar refractivity (Wildman–Crippen MR) is 77.8 cm³/mol. The Morgan fingerprint density at radius 2 is 2.15 bits per heavy atom. The number of benzene rings is 1. The van der Waals surface area contributed by atoms with E-state index in [-0.39, 0.29) is 18.2 Å². The smallest absolute Gasteiger partial charge is 0.224 e. The Morgan fingerprint density at radius 1 is 1.35 bits per heavy atom. The Kier molecular flexibility index (Phi) is 7.38. The molecule has 0 saturated carbocycles. The van der Waals surface area contributed by atoms with Crippen LogP contribution in [0.4, 0.5) is 10.1 Å². The number of unbranched alkanes of at least 4 members (excludes halogenated alkanes) is 3. The van der Waals surface area contributed by atoms with Crippen molar-refractivity contribution in [3.05, 3.63) is 29.6 Å². The summed E-state index contributed by atoms with van der Waals surface area (Å²) in [5, 5.41) is 11.1. The maximum absolute atomic E-state index is 13.7. The standard InChI is InChI=1S/C16H20FNO2/c1-2-3-4-5-8-16(20)18-15-10-9-13(7-6-11-19)12-14(15)17/h9-10,12,19H,2-5,8,11H2,1H3,(H,18,20). The van der Waals surface area contributed by atoms with Crippen molar-refractivity contribution in [2.75, 3.05) is 11.9 Å². The molecule has 1 aromatic rings. The molecule has 4 heteroatoms. The highest BCUT2D eigenvalue weighted by Crippen LogP contribution is 2.16. The first-order chi connectivity index (χ1) is 9.67. The van der Waals surface area contributed by atoms with Crippen LogP contribution in [0.2, 0.25) is 0 Å². The van der Waals surface area contributed by atoms with Crippen molar-refractivity contribution in [3.63, 3.8) is 0 Å². The largest absolute Gasteiger partial charge is 0.384 e. The fraction of sp³-hybridized carbons (Fsp3) is 0.438. The van der Waals surface area contributed by atoms with Crippen molar-refractivity contribution in [2.45, 2.75) is 39.0 Å². The van der Waals surface area contributed by atoms with Gasteiger partial charge in [-0.25, -0.2) is 4.39 Å². The molecule has 0 heterocycles. The second-order valence-corrected chi connectivity index (χ2v) is 4.51. The average Bonchev–Trinajstić information content (AvgIpc) is 2.44. The molecular formula is C16H20FNO2. The fourth-order valence-corrected chi connectivity index (χ4v) is 1.76. The van der Waals surface area contributed by atoms with Gasteiger partial charge in [0.15, 0.2) is 0 Å². The number of aliphatic hydroxyl groups is 1. The first-order valence-corrected chi connectivity index (χ1v) is 6.86. The Balaban J connectivity index is 2.53. The number of nitrogens with one attached hydrogen (secondary N) is 1. The highest BCUT2D eigenvalue weighted by molar-refractivity contribution is 5.90. The third-order valence-corrected chi connectivity index (χ3v) is 2.81. The Labute approximate surface area is 119 Å². The highest BCUT2D eigenvalue weighted by Gasteiger charge is 2.07. The van der Waals surface area contributed by atoms with Gasteiger partial charge in [0.05, 0.1) is 5.69 Å². The van der Waals surface area contributed by atoms with Crippen LogP contribution in [0.25, 0.3) is 0 Å². The maximum atomic E-state index is 13.7. The highest BCUT2D eigenvalue weighted by atomic mass is 19.1. The summed E-state index contributed by atoms with van der Waals surface area (Å²) in [4.78, 5) is 11.6. The van der Waals surface area contributed by atoms with Gasteiger partial charge in [-0.1, -0.05) is 38.0 Å². The van der Waals surface area contributed by atoms with Crippen molar-refractivity contribution in [3.8, 4) is 11.8 Å². The molecule has 0 aromatic heterocycles. The average molecular weight is 277 g/mol. The van der Waals surface area contributed by atoms with Gasteiger partial charge in [0.1, 0.15) is 12.4 Å². The van der Waals surface area contributed by atoms with Gasteiger partial charge in [-0.2, -0.15) is 0 Å². The van der Waals surface area contributed by atoms with Crippen molar-refractivity contribution in [1.82, 2.24) is 0 Å². The van der Waals surface area contributed by atoms with Crippen molar-refractivity contribution in [1.29, 1.82) is 0 Å². The minimum Gasteiger partial charge on any atom is -0.384 e. The Hall–Kier alpha value is -1.86. The van der Waals surface area contributed by atoms with E-state index >= 15 is 0 Å². The summed E-state index contributed by atoms with van der Waals surface area (Å²) in [7, 11) is 0. The van der Waals surface area contributed by atoms with E-state index in [9.17, 15) is 9.18 Å². The second-order valence-electron chi connectivity index (χ2n) is 4.51. The van der Waals surface area contributed by atoms with Gasteiger partial charge in [-0.3, -0.25) is 4.79 Å². The molecule has 0 saturated heterocycles. The molecular weight excluding hydrogens is 257 g/mol. The zero-order valence-electron chi connectivity index (χ0n) is 11.7. The molecule has 20 heavy (non-hydrogen) atoms. The summed E-state index contributed by atoms with van der Waals surface area (Å²) < 4.78 is 13.7. The quantitative estimate of drug-likeness (QED) is 0.620. The summed E-state index contributed by atoms with van der Waals surface area (Å²) >= 11 is 0.